The minimum absolute atomic E-state index is 0.0894. The molecule has 0 aliphatic carbocycles. The van der Waals surface area contributed by atoms with Crippen molar-refractivity contribution in [1.82, 2.24) is 10.3 Å². The van der Waals surface area contributed by atoms with Gasteiger partial charge in [0.25, 0.3) is 5.91 Å². The van der Waals surface area contributed by atoms with Gasteiger partial charge >= 0.3 is 11.9 Å². The van der Waals surface area contributed by atoms with Crippen LogP contribution in [0.1, 0.15) is 17.4 Å². The van der Waals surface area contributed by atoms with Crippen LogP contribution in [0.15, 0.2) is 24.4 Å². The van der Waals surface area contributed by atoms with Gasteiger partial charge in [0.05, 0.1) is 0 Å². The van der Waals surface area contributed by atoms with Crippen molar-refractivity contribution in [2.45, 2.75) is 13.0 Å². The number of pyridine rings is 1. The monoisotopic (exact) mass is 252 g/mol. The number of nitrogens with one attached hydrogen (secondary N) is 1. The molecule has 1 atom stereocenters. The number of aliphatic carboxylic acids is 1. The summed E-state index contributed by atoms with van der Waals surface area (Å²) >= 11 is 0. The Morgan fingerprint density at radius 1 is 1.44 bits per heavy atom. The number of aromatic nitrogens is 1. The molecule has 1 aromatic rings. The summed E-state index contributed by atoms with van der Waals surface area (Å²) < 4.78 is 4.55. The molecule has 0 aliphatic heterocycles. The van der Waals surface area contributed by atoms with E-state index in [0.29, 0.717) is 0 Å². The van der Waals surface area contributed by atoms with Crippen LogP contribution in [0.25, 0.3) is 0 Å². The molecule has 0 fully saturated rings. The van der Waals surface area contributed by atoms with Crippen LogP contribution in [0, 0.1) is 0 Å². The Hall–Kier alpha value is -2.44. The van der Waals surface area contributed by atoms with Crippen molar-refractivity contribution in [2.24, 2.45) is 0 Å². The molecule has 0 unspecified atom stereocenters. The topological polar surface area (TPSA) is 106 Å². The highest BCUT2D eigenvalue weighted by Crippen LogP contribution is 1.96. The van der Waals surface area contributed by atoms with Gasteiger partial charge in [0.1, 0.15) is 12.3 Å². The first kappa shape index (κ1) is 13.6. The van der Waals surface area contributed by atoms with Crippen LogP contribution in [0.4, 0.5) is 0 Å². The van der Waals surface area contributed by atoms with Gasteiger partial charge in [0.2, 0.25) is 0 Å². The number of carboxylic acid groups (broad SMARTS) is 1. The quantitative estimate of drug-likeness (QED) is 0.705. The number of rotatable bonds is 5. The van der Waals surface area contributed by atoms with Crippen LogP contribution in [0.2, 0.25) is 0 Å². The minimum atomic E-state index is -1.30. The van der Waals surface area contributed by atoms with Crippen LogP contribution < -0.4 is 5.32 Å². The largest absolute Gasteiger partial charge is 0.480 e. The molecule has 1 rings (SSSR count). The number of amides is 1. The third-order valence-electron chi connectivity index (χ3n) is 1.95. The van der Waals surface area contributed by atoms with Crippen LogP contribution in [0.5, 0.6) is 0 Å². The van der Waals surface area contributed by atoms with Crippen molar-refractivity contribution < 1.29 is 24.2 Å². The van der Waals surface area contributed by atoms with Gasteiger partial charge in [-0.1, -0.05) is 6.07 Å². The summed E-state index contributed by atoms with van der Waals surface area (Å²) in [5.74, 6) is -2.55. The molecule has 2 N–H and O–H groups in total. The average molecular weight is 252 g/mol. The number of carbonyl (C=O) groups is 3. The zero-order chi connectivity index (χ0) is 13.5. The minimum Gasteiger partial charge on any atom is -0.480 e. The summed E-state index contributed by atoms with van der Waals surface area (Å²) in [4.78, 5) is 36.8. The first-order chi connectivity index (χ1) is 8.50. The van der Waals surface area contributed by atoms with Crippen molar-refractivity contribution in [3.63, 3.8) is 0 Å². The van der Waals surface area contributed by atoms with Crippen LogP contribution in [0.3, 0.4) is 0 Å². The molecule has 0 aliphatic rings. The van der Waals surface area contributed by atoms with Crippen molar-refractivity contribution >= 4 is 17.8 Å². The van der Waals surface area contributed by atoms with Crippen molar-refractivity contribution in [3.05, 3.63) is 30.1 Å². The van der Waals surface area contributed by atoms with Gasteiger partial charge in [-0.3, -0.25) is 14.6 Å². The molecule has 1 amide bonds. The Kier molecular flexibility index (Phi) is 4.79. The normalized spacial score (nSPS) is 11.4. The Labute approximate surface area is 103 Å². The summed E-state index contributed by atoms with van der Waals surface area (Å²) in [5.41, 5.74) is 0.0894. The highest BCUT2D eigenvalue weighted by atomic mass is 16.5. The Morgan fingerprint density at radius 2 is 2.17 bits per heavy atom. The van der Waals surface area contributed by atoms with Gasteiger partial charge in [-0.2, -0.15) is 0 Å². The zero-order valence-electron chi connectivity index (χ0n) is 9.62. The standard InChI is InChI=1S/C11H12N2O5/c1-7(14)18-6-9(11(16)17)13-10(15)8-4-2-3-5-12-8/h2-5,9H,6H2,1H3,(H,13,15)(H,16,17)/t9-/m0/s1. The molecule has 96 valence electrons. The van der Waals surface area contributed by atoms with Crippen molar-refractivity contribution in [1.29, 1.82) is 0 Å². The molecule has 7 heteroatoms. The lowest BCUT2D eigenvalue weighted by Gasteiger charge is -2.13. The molecule has 0 saturated carbocycles. The number of esters is 1. The van der Waals surface area contributed by atoms with E-state index in [0.717, 1.165) is 6.92 Å². The second-order valence-electron chi connectivity index (χ2n) is 3.38. The van der Waals surface area contributed by atoms with E-state index in [1.807, 2.05) is 0 Å². The van der Waals surface area contributed by atoms with E-state index >= 15 is 0 Å². The third-order valence-corrected chi connectivity index (χ3v) is 1.95. The maximum absolute atomic E-state index is 11.6. The van der Waals surface area contributed by atoms with Gasteiger partial charge in [0, 0.05) is 13.1 Å². The molecule has 0 radical (unpaired) electrons. The number of hydrogen-bond acceptors (Lipinski definition) is 5. The molecule has 7 nitrogen and oxygen atoms in total. The maximum Gasteiger partial charge on any atom is 0.329 e. The number of ether oxygens (including phenoxy) is 1. The third kappa shape index (κ3) is 4.20. The lowest BCUT2D eigenvalue weighted by atomic mass is 10.2. The zero-order valence-corrected chi connectivity index (χ0v) is 9.62. The number of nitrogens with zero attached hydrogens (tertiary/aromatic N) is 1. The SMILES string of the molecule is CC(=O)OC[C@H](NC(=O)c1ccccn1)C(=O)O. The molecular formula is C11H12N2O5. The molecule has 1 aromatic heterocycles. The second-order valence-corrected chi connectivity index (χ2v) is 3.38. The lowest BCUT2D eigenvalue weighted by molar-refractivity contribution is -0.146. The van der Waals surface area contributed by atoms with Gasteiger partial charge < -0.3 is 15.2 Å². The van der Waals surface area contributed by atoms with E-state index in [1.54, 1.807) is 12.1 Å². The summed E-state index contributed by atoms with van der Waals surface area (Å²) in [6.07, 6.45) is 1.41. The Morgan fingerprint density at radius 3 is 2.67 bits per heavy atom. The molecule has 0 spiro atoms. The first-order valence-corrected chi connectivity index (χ1v) is 5.08. The van der Waals surface area contributed by atoms with E-state index in [2.05, 4.69) is 15.0 Å². The predicted octanol–water partition coefficient (Wildman–Crippen LogP) is -0.172. The fourth-order valence-electron chi connectivity index (χ4n) is 1.10. The lowest BCUT2D eigenvalue weighted by Crippen LogP contribution is -2.44. The van der Waals surface area contributed by atoms with Gasteiger partial charge in [-0.25, -0.2) is 4.79 Å². The molecular weight excluding hydrogens is 240 g/mol. The molecule has 0 bridgehead atoms. The van der Waals surface area contributed by atoms with Gasteiger partial charge in [-0.15, -0.1) is 0 Å². The second kappa shape index (κ2) is 6.33. The highest BCUT2D eigenvalue weighted by Gasteiger charge is 2.22. The number of carbonyl (C=O) groups excluding carboxylic acids is 2. The van der Waals surface area contributed by atoms with Gasteiger partial charge in [-0.05, 0) is 12.1 Å². The van der Waals surface area contributed by atoms with E-state index < -0.39 is 30.5 Å². The fourth-order valence-corrected chi connectivity index (χ4v) is 1.10. The highest BCUT2D eigenvalue weighted by molar-refractivity contribution is 5.94. The van der Waals surface area contributed by atoms with E-state index in [-0.39, 0.29) is 5.69 Å². The summed E-state index contributed by atoms with van der Waals surface area (Å²) in [6, 6.07) is 3.37. The van der Waals surface area contributed by atoms with Gasteiger partial charge in [0.15, 0.2) is 6.04 Å². The van der Waals surface area contributed by atoms with Crippen LogP contribution in [-0.2, 0) is 14.3 Å². The Bertz CT molecular complexity index is 446. The predicted molar refractivity (Wildman–Crippen MR) is 59.8 cm³/mol. The van der Waals surface area contributed by atoms with Crippen LogP contribution >= 0.6 is 0 Å². The molecule has 0 saturated heterocycles. The Balaban J connectivity index is 2.64. The molecule has 1 heterocycles. The number of carboxylic acids is 1. The smallest absolute Gasteiger partial charge is 0.329 e. The molecule has 0 aromatic carbocycles. The average Bonchev–Trinajstić information content (AvgIpc) is 2.34. The summed E-state index contributed by atoms with van der Waals surface area (Å²) in [6.45, 7) is 0.725. The van der Waals surface area contributed by atoms with E-state index in [1.165, 1.54) is 12.3 Å². The van der Waals surface area contributed by atoms with Crippen molar-refractivity contribution in [3.8, 4) is 0 Å². The summed E-state index contributed by atoms with van der Waals surface area (Å²) in [5, 5.41) is 11.1. The molecule has 18 heavy (non-hydrogen) atoms. The van der Waals surface area contributed by atoms with Crippen LogP contribution in [-0.4, -0.2) is 40.6 Å². The van der Waals surface area contributed by atoms with E-state index in [4.69, 9.17) is 5.11 Å². The first-order valence-electron chi connectivity index (χ1n) is 5.08. The fraction of sp³-hybridized carbons (Fsp3) is 0.273. The summed E-state index contributed by atoms with van der Waals surface area (Å²) in [7, 11) is 0. The number of hydrogen-bond donors (Lipinski definition) is 2. The maximum atomic E-state index is 11.6. The van der Waals surface area contributed by atoms with E-state index in [9.17, 15) is 14.4 Å². The van der Waals surface area contributed by atoms with Crippen molar-refractivity contribution in [2.75, 3.05) is 6.61 Å².